The molecule has 0 spiro atoms. The van der Waals surface area contributed by atoms with Gasteiger partial charge in [-0.3, -0.25) is 4.79 Å². The number of carbonyl (C=O) groups excluding carboxylic acids is 1. The lowest BCUT2D eigenvalue weighted by Gasteiger charge is -2.19. The Kier molecular flexibility index (Phi) is 4.52. The number of nitrogens with one attached hydrogen (secondary N) is 1. The van der Waals surface area contributed by atoms with Crippen LogP contribution in [0, 0.1) is 0 Å². The summed E-state index contributed by atoms with van der Waals surface area (Å²) in [5.74, 6) is 0.782. The van der Waals surface area contributed by atoms with Crippen molar-refractivity contribution < 1.29 is 9.90 Å². The minimum atomic E-state index is -0.0718. The number of nitrogens with zero attached hydrogens (tertiary/aromatic N) is 2. The Balaban J connectivity index is 2.05. The highest BCUT2D eigenvalue weighted by atomic mass is 16.3. The molecule has 5 nitrogen and oxygen atoms in total. The van der Waals surface area contributed by atoms with Crippen LogP contribution >= 0.6 is 0 Å². The first-order chi connectivity index (χ1) is 8.81. The van der Waals surface area contributed by atoms with Gasteiger partial charge in [-0.15, -0.1) is 0 Å². The van der Waals surface area contributed by atoms with Crippen LogP contribution in [-0.2, 0) is 4.79 Å². The molecule has 1 fully saturated rings. The lowest BCUT2D eigenvalue weighted by molar-refractivity contribution is -0.116. The summed E-state index contributed by atoms with van der Waals surface area (Å²) < 4.78 is 0. The number of hydrogen-bond acceptors (Lipinski definition) is 4. The van der Waals surface area contributed by atoms with Crippen molar-refractivity contribution in [3.63, 3.8) is 0 Å². The molecule has 0 saturated carbocycles. The van der Waals surface area contributed by atoms with Crippen molar-refractivity contribution in [1.29, 1.82) is 0 Å². The smallest absolute Gasteiger partial charge is 0.224 e. The molecule has 0 bridgehead atoms. The third-order valence-electron chi connectivity index (χ3n) is 3.03. The Labute approximate surface area is 107 Å². The van der Waals surface area contributed by atoms with Gasteiger partial charge >= 0.3 is 0 Å². The maximum Gasteiger partial charge on any atom is 0.224 e. The first-order valence-electron chi connectivity index (χ1n) is 6.42. The summed E-state index contributed by atoms with van der Waals surface area (Å²) in [5.41, 5.74) is 0.766. The van der Waals surface area contributed by atoms with Crippen molar-refractivity contribution >= 4 is 17.4 Å². The number of amides is 1. The van der Waals surface area contributed by atoms with Gasteiger partial charge in [0, 0.05) is 32.3 Å². The van der Waals surface area contributed by atoms with E-state index in [-0.39, 0.29) is 12.5 Å². The summed E-state index contributed by atoms with van der Waals surface area (Å²) in [6, 6.07) is 3.69. The predicted octanol–water partition coefficient (Wildman–Crippen LogP) is 1.39. The van der Waals surface area contributed by atoms with Gasteiger partial charge < -0.3 is 15.3 Å². The highest BCUT2D eigenvalue weighted by Crippen LogP contribution is 2.26. The second-order valence-corrected chi connectivity index (χ2v) is 4.44. The molecule has 98 valence electrons. The van der Waals surface area contributed by atoms with Crippen molar-refractivity contribution in [2.75, 3.05) is 29.9 Å². The molecule has 2 N–H and O–H groups in total. The van der Waals surface area contributed by atoms with Gasteiger partial charge in [-0.05, 0) is 31.4 Å². The zero-order valence-electron chi connectivity index (χ0n) is 10.4. The van der Waals surface area contributed by atoms with Gasteiger partial charge in [0.05, 0.1) is 5.69 Å². The van der Waals surface area contributed by atoms with E-state index >= 15 is 0 Å². The van der Waals surface area contributed by atoms with Gasteiger partial charge in [0.1, 0.15) is 0 Å². The van der Waals surface area contributed by atoms with E-state index in [1.807, 2.05) is 12.1 Å². The molecule has 1 aliphatic heterocycles. The lowest BCUT2D eigenvalue weighted by atomic mass is 10.3. The van der Waals surface area contributed by atoms with Crippen molar-refractivity contribution in [3.05, 3.63) is 18.3 Å². The molecule has 0 atom stereocenters. The molecule has 1 amide bonds. The third-order valence-corrected chi connectivity index (χ3v) is 3.03. The SMILES string of the molecule is O=C(CCCO)Nc1cccnc1N1CCCC1. The van der Waals surface area contributed by atoms with Crippen molar-refractivity contribution in [3.8, 4) is 0 Å². The van der Waals surface area contributed by atoms with Crippen molar-refractivity contribution in [2.45, 2.75) is 25.7 Å². The molecule has 1 aliphatic rings. The molecular weight excluding hydrogens is 230 g/mol. The van der Waals surface area contributed by atoms with Gasteiger partial charge in [-0.1, -0.05) is 0 Å². The predicted molar refractivity (Wildman–Crippen MR) is 70.6 cm³/mol. The highest BCUT2D eigenvalue weighted by Gasteiger charge is 2.17. The molecule has 0 unspecified atom stereocenters. The lowest BCUT2D eigenvalue weighted by Crippen LogP contribution is -2.22. The molecule has 1 aromatic rings. The first kappa shape index (κ1) is 12.8. The molecule has 5 heteroatoms. The average molecular weight is 249 g/mol. The Hall–Kier alpha value is -1.62. The van der Waals surface area contributed by atoms with Crippen LogP contribution in [0.4, 0.5) is 11.5 Å². The summed E-state index contributed by atoms with van der Waals surface area (Å²) >= 11 is 0. The van der Waals surface area contributed by atoms with E-state index in [0.717, 1.165) is 24.6 Å². The van der Waals surface area contributed by atoms with Gasteiger partial charge in [-0.2, -0.15) is 0 Å². The maximum atomic E-state index is 11.7. The number of carbonyl (C=O) groups is 1. The Morgan fingerprint density at radius 1 is 1.44 bits per heavy atom. The maximum absolute atomic E-state index is 11.7. The summed E-state index contributed by atoms with van der Waals surface area (Å²) in [6.07, 6.45) is 4.93. The fraction of sp³-hybridized carbons (Fsp3) is 0.538. The normalized spacial score (nSPS) is 14.8. The third kappa shape index (κ3) is 3.20. The van der Waals surface area contributed by atoms with Crippen LogP contribution in [-0.4, -0.2) is 35.7 Å². The molecule has 2 rings (SSSR count). The largest absolute Gasteiger partial charge is 0.396 e. The standard InChI is InChI=1S/C13H19N3O2/c17-10-4-6-12(18)15-11-5-3-7-14-13(11)16-8-1-2-9-16/h3,5,7,17H,1-2,4,6,8-10H2,(H,15,18). The number of aromatic nitrogens is 1. The topological polar surface area (TPSA) is 65.5 Å². The van der Waals surface area contributed by atoms with E-state index in [1.165, 1.54) is 12.8 Å². The Morgan fingerprint density at radius 2 is 2.22 bits per heavy atom. The fourth-order valence-corrected chi connectivity index (χ4v) is 2.13. The van der Waals surface area contributed by atoms with E-state index in [1.54, 1.807) is 6.20 Å². The fourth-order valence-electron chi connectivity index (χ4n) is 2.13. The van der Waals surface area contributed by atoms with E-state index < -0.39 is 0 Å². The van der Waals surface area contributed by atoms with Crippen LogP contribution in [0.15, 0.2) is 18.3 Å². The van der Waals surface area contributed by atoms with Gasteiger partial charge in [-0.25, -0.2) is 4.98 Å². The number of hydrogen-bond donors (Lipinski definition) is 2. The summed E-state index contributed by atoms with van der Waals surface area (Å²) in [5, 5.41) is 11.6. The second kappa shape index (κ2) is 6.35. The second-order valence-electron chi connectivity index (χ2n) is 4.44. The monoisotopic (exact) mass is 249 g/mol. The van der Waals surface area contributed by atoms with Gasteiger partial charge in [0.25, 0.3) is 0 Å². The van der Waals surface area contributed by atoms with E-state index in [2.05, 4.69) is 15.2 Å². The average Bonchev–Trinajstić information content (AvgIpc) is 2.91. The number of pyridine rings is 1. The molecule has 2 heterocycles. The minimum absolute atomic E-state index is 0.0411. The van der Waals surface area contributed by atoms with Crippen LogP contribution < -0.4 is 10.2 Å². The molecule has 0 aliphatic carbocycles. The summed E-state index contributed by atoms with van der Waals surface area (Å²) in [6.45, 7) is 2.03. The quantitative estimate of drug-likeness (QED) is 0.827. The molecule has 1 aromatic heterocycles. The van der Waals surface area contributed by atoms with Gasteiger partial charge in [0.15, 0.2) is 5.82 Å². The number of aliphatic hydroxyl groups excluding tert-OH is 1. The van der Waals surface area contributed by atoms with E-state index in [4.69, 9.17) is 5.11 Å². The first-order valence-corrected chi connectivity index (χ1v) is 6.42. The Morgan fingerprint density at radius 3 is 2.94 bits per heavy atom. The minimum Gasteiger partial charge on any atom is -0.396 e. The van der Waals surface area contributed by atoms with Crippen molar-refractivity contribution in [2.24, 2.45) is 0 Å². The van der Waals surface area contributed by atoms with Crippen LogP contribution in [0.3, 0.4) is 0 Å². The van der Waals surface area contributed by atoms with E-state index in [0.29, 0.717) is 12.8 Å². The van der Waals surface area contributed by atoms with Crippen molar-refractivity contribution in [1.82, 2.24) is 4.98 Å². The van der Waals surface area contributed by atoms with Crippen LogP contribution in [0.2, 0.25) is 0 Å². The number of aliphatic hydroxyl groups is 1. The molecule has 0 aromatic carbocycles. The number of rotatable bonds is 5. The van der Waals surface area contributed by atoms with Crippen LogP contribution in [0.25, 0.3) is 0 Å². The highest BCUT2D eigenvalue weighted by molar-refractivity contribution is 5.93. The number of anilines is 2. The zero-order valence-corrected chi connectivity index (χ0v) is 10.4. The van der Waals surface area contributed by atoms with Crippen LogP contribution in [0.5, 0.6) is 0 Å². The molecular formula is C13H19N3O2. The summed E-state index contributed by atoms with van der Waals surface area (Å²) in [4.78, 5) is 18.2. The molecule has 0 radical (unpaired) electrons. The Bertz CT molecular complexity index is 403. The zero-order chi connectivity index (χ0) is 12.8. The van der Waals surface area contributed by atoms with Crippen LogP contribution in [0.1, 0.15) is 25.7 Å². The molecule has 18 heavy (non-hydrogen) atoms. The summed E-state index contributed by atoms with van der Waals surface area (Å²) in [7, 11) is 0. The van der Waals surface area contributed by atoms with Gasteiger partial charge in [0.2, 0.25) is 5.91 Å². The van der Waals surface area contributed by atoms with E-state index in [9.17, 15) is 4.79 Å². The molecule has 1 saturated heterocycles.